The fourth-order valence-corrected chi connectivity index (χ4v) is 4.17. The average molecular weight is 421 g/mol. The van der Waals surface area contributed by atoms with Gasteiger partial charge < -0.3 is 23.0 Å². The second-order valence-corrected chi connectivity index (χ2v) is 7.90. The first kappa shape index (κ1) is 21.6. The second-order valence-electron chi connectivity index (χ2n) is 7.90. The second kappa shape index (κ2) is 10.6. The molecule has 0 spiro atoms. The predicted molar refractivity (Wildman–Crippen MR) is 124 cm³/mol. The number of fused-ring (bicyclic) bond motifs is 2. The van der Waals surface area contributed by atoms with Crippen LogP contribution in [0.1, 0.15) is 22.3 Å². The van der Waals surface area contributed by atoms with Gasteiger partial charge in [0.15, 0.2) is 0 Å². The zero-order valence-electron chi connectivity index (χ0n) is 18.5. The van der Waals surface area contributed by atoms with E-state index in [-0.39, 0.29) is 0 Å². The Kier molecular flexibility index (Phi) is 7.41. The Balaban J connectivity index is 1.06. The molecule has 0 atom stereocenters. The predicted octanol–water partition coefficient (Wildman–Crippen LogP) is 4.64. The SMILES string of the molecule is Cc1cn2ccccc2c1CCOCCOCCOCCc1c(C)cn2ccccc12. The molecule has 0 fully saturated rings. The van der Waals surface area contributed by atoms with Gasteiger partial charge in [0.2, 0.25) is 0 Å². The molecule has 0 aliphatic carbocycles. The molecular weight excluding hydrogens is 388 g/mol. The maximum atomic E-state index is 5.76. The first-order chi connectivity index (χ1) is 15.2. The number of hydrogen-bond donors (Lipinski definition) is 0. The van der Waals surface area contributed by atoms with Crippen molar-refractivity contribution < 1.29 is 14.2 Å². The largest absolute Gasteiger partial charge is 0.379 e. The van der Waals surface area contributed by atoms with Crippen molar-refractivity contribution in [3.63, 3.8) is 0 Å². The molecule has 5 nitrogen and oxygen atoms in total. The summed E-state index contributed by atoms with van der Waals surface area (Å²) in [6.45, 7) is 8.16. The molecule has 0 amide bonds. The first-order valence-corrected chi connectivity index (χ1v) is 11.1. The number of ether oxygens (including phenoxy) is 3. The molecule has 0 aliphatic rings. The van der Waals surface area contributed by atoms with E-state index in [4.69, 9.17) is 14.2 Å². The topological polar surface area (TPSA) is 36.5 Å². The van der Waals surface area contributed by atoms with Crippen LogP contribution in [0.15, 0.2) is 61.2 Å². The summed E-state index contributed by atoms with van der Waals surface area (Å²) in [6.07, 6.45) is 10.4. The van der Waals surface area contributed by atoms with Gasteiger partial charge in [-0.1, -0.05) is 12.1 Å². The van der Waals surface area contributed by atoms with Gasteiger partial charge >= 0.3 is 0 Å². The summed E-state index contributed by atoms with van der Waals surface area (Å²) in [6, 6.07) is 12.6. The molecule has 0 saturated heterocycles. The van der Waals surface area contributed by atoms with Crippen LogP contribution in [0.25, 0.3) is 11.0 Å². The molecule has 0 radical (unpaired) electrons. The number of nitrogens with zero attached hydrogens (tertiary/aromatic N) is 2. The van der Waals surface area contributed by atoms with Crippen molar-refractivity contribution in [2.75, 3.05) is 39.6 Å². The fraction of sp³-hybridized carbons (Fsp3) is 0.385. The molecule has 0 aliphatic heterocycles. The van der Waals surface area contributed by atoms with Crippen molar-refractivity contribution in [1.82, 2.24) is 8.80 Å². The molecule has 31 heavy (non-hydrogen) atoms. The molecule has 5 heteroatoms. The Bertz CT molecular complexity index is 1020. The monoisotopic (exact) mass is 420 g/mol. The Morgan fingerprint density at radius 3 is 1.45 bits per heavy atom. The molecule has 164 valence electrons. The maximum absolute atomic E-state index is 5.76. The Morgan fingerprint density at radius 2 is 1.00 bits per heavy atom. The lowest BCUT2D eigenvalue weighted by molar-refractivity contribution is 0.0157. The van der Waals surface area contributed by atoms with E-state index < -0.39 is 0 Å². The van der Waals surface area contributed by atoms with Crippen LogP contribution in [-0.2, 0) is 27.1 Å². The van der Waals surface area contributed by atoms with Gasteiger partial charge in [0, 0.05) is 35.8 Å². The lowest BCUT2D eigenvalue weighted by atomic mass is 10.1. The average Bonchev–Trinajstić information content (AvgIpc) is 3.27. The Hall–Kier alpha value is -2.60. The van der Waals surface area contributed by atoms with Crippen molar-refractivity contribution >= 4 is 11.0 Å². The maximum Gasteiger partial charge on any atom is 0.0701 e. The number of aryl methyl sites for hydroxylation is 2. The van der Waals surface area contributed by atoms with Gasteiger partial charge in [-0.05, 0) is 73.2 Å². The zero-order valence-corrected chi connectivity index (χ0v) is 18.5. The van der Waals surface area contributed by atoms with Crippen LogP contribution >= 0.6 is 0 Å². The number of aromatic nitrogens is 2. The van der Waals surface area contributed by atoms with E-state index in [0.717, 1.165) is 12.8 Å². The quantitative estimate of drug-likeness (QED) is 0.313. The van der Waals surface area contributed by atoms with E-state index in [1.54, 1.807) is 0 Å². The van der Waals surface area contributed by atoms with Crippen LogP contribution in [0.5, 0.6) is 0 Å². The van der Waals surface area contributed by atoms with E-state index in [2.05, 4.69) is 83.8 Å². The minimum Gasteiger partial charge on any atom is -0.379 e. The van der Waals surface area contributed by atoms with Gasteiger partial charge in [-0.2, -0.15) is 0 Å². The van der Waals surface area contributed by atoms with E-state index in [1.807, 2.05) is 0 Å². The highest BCUT2D eigenvalue weighted by atomic mass is 16.5. The van der Waals surface area contributed by atoms with Crippen LogP contribution in [0, 0.1) is 13.8 Å². The molecule has 0 aromatic carbocycles. The van der Waals surface area contributed by atoms with Crippen molar-refractivity contribution in [3.05, 3.63) is 83.4 Å². The number of rotatable bonds is 12. The summed E-state index contributed by atoms with van der Waals surface area (Å²) in [5, 5.41) is 0. The normalized spacial score (nSPS) is 11.7. The van der Waals surface area contributed by atoms with Gasteiger partial charge in [0.1, 0.15) is 0 Å². The van der Waals surface area contributed by atoms with Gasteiger partial charge in [-0.25, -0.2) is 0 Å². The molecule has 4 aromatic heterocycles. The van der Waals surface area contributed by atoms with Crippen molar-refractivity contribution in [2.24, 2.45) is 0 Å². The molecule has 0 unspecified atom stereocenters. The molecule has 4 aromatic rings. The summed E-state index contributed by atoms with van der Waals surface area (Å²) >= 11 is 0. The summed E-state index contributed by atoms with van der Waals surface area (Å²) in [5.74, 6) is 0. The molecule has 0 saturated carbocycles. The van der Waals surface area contributed by atoms with E-state index in [9.17, 15) is 0 Å². The van der Waals surface area contributed by atoms with Crippen molar-refractivity contribution in [1.29, 1.82) is 0 Å². The minimum absolute atomic E-state index is 0.599. The smallest absolute Gasteiger partial charge is 0.0701 e. The summed E-state index contributed by atoms with van der Waals surface area (Å²) in [4.78, 5) is 0. The summed E-state index contributed by atoms with van der Waals surface area (Å²) in [5.41, 5.74) is 7.88. The van der Waals surface area contributed by atoms with E-state index in [1.165, 1.54) is 33.3 Å². The van der Waals surface area contributed by atoms with E-state index >= 15 is 0 Å². The molecule has 4 rings (SSSR count). The van der Waals surface area contributed by atoms with Crippen molar-refractivity contribution in [3.8, 4) is 0 Å². The molecular formula is C26H32N2O3. The van der Waals surface area contributed by atoms with Gasteiger partial charge in [0.05, 0.1) is 39.6 Å². The van der Waals surface area contributed by atoms with Gasteiger partial charge in [-0.3, -0.25) is 0 Å². The third-order valence-electron chi connectivity index (χ3n) is 5.75. The highest BCUT2D eigenvalue weighted by molar-refractivity contribution is 5.59. The molecule has 4 heterocycles. The highest BCUT2D eigenvalue weighted by Crippen LogP contribution is 2.19. The van der Waals surface area contributed by atoms with Gasteiger partial charge in [-0.15, -0.1) is 0 Å². The van der Waals surface area contributed by atoms with Crippen LogP contribution in [0.3, 0.4) is 0 Å². The first-order valence-electron chi connectivity index (χ1n) is 11.1. The summed E-state index contributed by atoms with van der Waals surface area (Å²) in [7, 11) is 0. The number of pyridine rings is 2. The molecule has 0 bridgehead atoms. The zero-order chi connectivity index (χ0) is 21.5. The lowest BCUT2D eigenvalue weighted by Gasteiger charge is -2.08. The van der Waals surface area contributed by atoms with Crippen LogP contribution in [0.2, 0.25) is 0 Å². The van der Waals surface area contributed by atoms with Crippen LogP contribution in [0.4, 0.5) is 0 Å². The number of hydrogen-bond acceptors (Lipinski definition) is 3. The van der Waals surface area contributed by atoms with Gasteiger partial charge in [0.25, 0.3) is 0 Å². The van der Waals surface area contributed by atoms with Crippen LogP contribution < -0.4 is 0 Å². The van der Waals surface area contributed by atoms with Crippen LogP contribution in [-0.4, -0.2) is 48.4 Å². The summed E-state index contributed by atoms with van der Waals surface area (Å²) < 4.78 is 21.5. The lowest BCUT2D eigenvalue weighted by Crippen LogP contribution is -2.11. The third-order valence-corrected chi connectivity index (χ3v) is 5.75. The standard InChI is InChI=1S/C26H32N2O3/c1-21-19-27-11-5-3-7-25(27)23(21)9-13-29-15-17-31-18-16-30-14-10-24-22(2)20-28-12-6-4-8-26(24)28/h3-8,11-12,19-20H,9-10,13-18H2,1-2H3. The third kappa shape index (κ3) is 5.37. The minimum atomic E-state index is 0.599. The molecule has 0 N–H and O–H groups in total. The van der Waals surface area contributed by atoms with Crippen molar-refractivity contribution in [2.45, 2.75) is 26.7 Å². The van der Waals surface area contributed by atoms with E-state index in [0.29, 0.717) is 39.6 Å². The Morgan fingerprint density at radius 1 is 0.581 bits per heavy atom. The fourth-order valence-electron chi connectivity index (χ4n) is 4.17. The highest BCUT2D eigenvalue weighted by Gasteiger charge is 2.07. The Labute approximate surface area is 184 Å².